The Bertz CT molecular complexity index is 970. The van der Waals surface area contributed by atoms with Crippen molar-refractivity contribution >= 4 is 28.2 Å². The number of aromatic nitrogens is 1. The van der Waals surface area contributed by atoms with Gasteiger partial charge in [0.15, 0.2) is 0 Å². The smallest absolute Gasteiger partial charge is 0.272 e. The number of nitrogens with one attached hydrogen (secondary N) is 1. The summed E-state index contributed by atoms with van der Waals surface area (Å²) < 4.78 is 0. The summed E-state index contributed by atoms with van der Waals surface area (Å²) in [6.07, 6.45) is 3.36. The molecule has 138 valence electrons. The first-order valence-electron chi connectivity index (χ1n) is 9.64. The van der Waals surface area contributed by atoms with Gasteiger partial charge in [0.2, 0.25) is 0 Å². The van der Waals surface area contributed by atoms with E-state index in [0.29, 0.717) is 5.69 Å². The van der Waals surface area contributed by atoms with Crippen LogP contribution in [0, 0.1) is 13.8 Å². The fourth-order valence-corrected chi connectivity index (χ4v) is 3.85. The number of pyridine rings is 1. The number of carbonyl (C=O) groups excluding carboxylic acids is 1. The molecule has 1 saturated heterocycles. The highest BCUT2D eigenvalue weighted by atomic mass is 16.2. The Morgan fingerprint density at radius 3 is 2.41 bits per heavy atom. The number of anilines is 2. The third-order valence-corrected chi connectivity index (χ3v) is 5.08. The molecule has 0 bridgehead atoms. The molecule has 0 unspecified atom stereocenters. The average Bonchev–Trinajstić information content (AvgIpc) is 2.67. The van der Waals surface area contributed by atoms with Gasteiger partial charge in [-0.15, -0.1) is 0 Å². The Kier molecular flexibility index (Phi) is 4.80. The van der Waals surface area contributed by atoms with Crippen molar-refractivity contribution in [3.05, 3.63) is 65.4 Å². The summed E-state index contributed by atoms with van der Waals surface area (Å²) in [6.45, 7) is 5.84. The van der Waals surface area contributed by atoms with Gasteiger partial charge in [-0.2, -0.15) is 0 Å². The van der Waals surface area contributed by atoms with Crippen molar-refractivity contribution in [3.63, 3.8) is 0 Å². The van der Waals surface area contributed by atoms with Gasteiger partial charge in [0.25, 0.3) is 5.91 Å². The molecule has 0 spiro atoms. The second-order valence-corrected chi connectivity index (χ2v) is 7.43. The monoisotopic (exact) mass is 359 g/mol. The first kappa shape index (κ1) is 17.5. The summed E-state index contributed by atoms with van der Waals surface area (Å²) in [5.41, 5.74) is 5.72. The summed E-state index contributed by atoms with van der Waals surface area (Å²) in [7, 11) is 0. The minimum Gasteiger partial charge on any atom is -0.355 e. The van der Waals surface area contributed by atoms with Crippen LogP contribution in [0.15, 0.2) is 48.5 Å². The Balaban J connectivity index is 1.75. The third kappa shape index (κ3) is 3.80. The van der Waals surface area contributed by atoms with Crippen LogP contribution in [0.25, 0.3) is 10.9 Å². The van der Waals surface area contributed by atoms with Crippen molar-refractivity contribution in [2.45, 2.75) is 33.1 Å². The number of para-hydroxylation sites is 1. The molecule has 2 aromatic carbocycles. The van der Waals surface area contributed by atoms with Gasteiger partial charge >= 0.3 is 0 Å². The van der Waals surface area contributed by atoms with E-state index in [9.17, 15) is 4.79 Å². The number of fused-ring (bicyclic) bond motifs is 1. The molecule has 0 aliphatic carbocycles. The maximum absolute atomic E-state index is 13.0. The van der Waals surface area contributed by atoms with Crippen molar-refractivity contribution in [2.75, 3.05) is 18.4 Å². The van der Waals surface area contributed by atoms with Crippen LogP contribution in [0.3, 0.4) is 0 Å². The SMILES string of the molecule is Cc1cc(C)cc(Nc2cc(C(=O)N3CCCCC3)nc3ccccc23)c1. The van der Waals surface area contributed by atoms with E-state index in [-0.39, 0.29) is 5.91 Å². The van der Waals surface area contributed by atoms with Crippen molar-refractivity contribution < 1.29 is 4.79 Å². The fourth-order valence-electron chi connectivity index (χ4n) is 3.85. The van der Waals surface area contributed by atoms with Crippen LogP contribution in [-0.4, -0.2) is 28.9 Å². The maximum Gasteiger partial charge on any atom is 0.272 e. The number of aryl methyl sites for hydroxylation is 2. The number of amides is 1. The molecule has 4 rings (SSSR count). The summed E-state index contributed by atoms with van der Waals surface area (Å²) in [6, 6.07) is 16.3. The molecule has 4 nitrogen and oxygen atoms in total. The highest BCUT2D eigenvalue weighted by Gasteiger charge is 2.20. The van der Waals surface area contributed by atoms with Gasteiger partial charge in [-0.1, -0.05) is 24.3 Å². The zero-order valence-corrected chi connectivity index (χ0v) is 16.0. The molecule has 1 aliphatic heterocycles. The lowest BCUT2D eigenvalue weighted by Gasteiger charge is -2.26. The molecule has 1 amide bonds. The molecule has 1 fully saturated rings. The van der Waals surface area contributed by atoms with Crippen LogP contribution in [-0.2, 0) is 0 Å². The lowest BCUT2D eigenvalue weighted by atomic mass is 10.1. The highest BCUT2D eigenvalue weighted by molar-refractivity contribution is 6.00. The second-order valence-electron chi connectivity index (χ2n) is 7.43. The van der Waals surface area contributed by atoms with Gasteiger partial charge < -0.3 is 10.2 Å². The molecule has 2 heterocycles. The Morgan fingerprint density at radius 1 is 0.963 bits per heavy atom. The molecule has 1 aromatic heterocycles. The summed E-state index contributed by atoms with van der Waals surface area (Å²) in [5.74, 6) is 0.0314. The molecule has 0 radical (unpaired) electrons. The molecular weight excluding hydrogens is 334 g/mol. The summed E-state index contributed by atoms with van der Waals surface area (Å²) in [5, 5.41) is 4.54. The Morgan fingerprint density at radius 2 is 1.67 bits per heavy atom. The minimum atomic E-state index is 0.0314. The van der Waals surface area contributed by atoms with E-state index < -0.39 is 0 Å². The number of hydrogen-bond acceptors (Lipinski definition) is 3. The van der Waals surface area contributed by atoms with E-state index in [1.165, 1.54) is 17.5 Å². The number of piperidine rings is 1. The lowest BCUT2D eigenvalue weighted by molar-refractivity contribution is 0.0719. The lowest BCUT2D eigenvalue weighted by Crippen LogP contribution is -2.36. The molecule has 1 N–H and O–H groups in total. The van der Waals surface area contributed by atoms with E-state index in [1.54, 1.807) is 0 Å². The van der Waals surface area contributed by atoms with Gasteiger partial charge in [0.1, 0.15) is 5.69 Å². The molecule has 4 heteroatoms. The molecule has 1 aliphatic rings. The van der Waals surface area contributed by atoms with Gasteiger partial charge in [-0.25, -0.2) is 4.98 Å². The van der Waals surface area contributed by atoms with Crippen molar-refractivity contribution in [3.8, 4) is 0 Å². The predicted octanol–water partition coefficient (Wildman–Crippen LogP) is 5.22. The number of carbonyl (C=O) groups is 1. The van der Waals surface area contributed by atoms with E-state index in [4.69, 9.17) is 0 Å². The largest absolute Gasteiger partial charge is 0.355 e. The third-order valence-electron chi connectivity index (χ3n) is 5.08. The molecule has 27 heavy (non-hydrogen) atoms. The van der Waals surface area contributed by atoms with Crippen LogP contribution < -0.4 is 5.32 Å². The fraction of sp³-hybridized carbons (Fsp3) is 0.304. The van der Waals surface area contributed by atoms with E-state index in [1.807, 2.05) is 35.2 Å². The van der Waals surface area contributed by atoms with Crippen molar-refractivity contribution in [1.82, 2.24) is 9.88 Å². The summed E-state index contributed by atoms with van der Waals surface area (Å²) in [4.78, 5) is 19.6. The van der Waals surface area contributed by atoms with Crippen LogP contribution in [0.4, 0.5) is 11.4 Å². The van der Waals surface area contributed by atoms with Crippen molar-refractivity contribution in [2.24, 2.45) is 0 Å². The zero-order chi connectivity index (χ0) is 18.8. The number of hydrogen-bond donors (Lipinski definition) is 1. The van der Waals surface area contributed by atoms with E-state index in [0.717, 1.165) is 48.2 Å². The van der Waals surface area contributed by atoms with Crippen LogP contribution >= 0.6 is 0 Å². The first-order chi connectivity index (χ1) is 13.1. The zero-order valence-electron chi connectivity index (χ0n) is 16.0. The van der Waals surface area contributed by atoms with Gasteiger partial charge in [0.05, 0.1) is 11.2 Å². The summed E-state index contributed by atoms with van der Waals surface area (Å²) >= 11 is 0. The first-order valence-corrected chi connectivity index (χ1v) is 9.64. The minimum absolute atomic E-state index is 0.0314. The molecule has 0 saturated carbocycles. The second kappa shape index (κ2) is 7.39. The van der Waals surface area contributed by atoms with Crippen molar-refractivity contribution in [1.29, 1.82) is 0 Å². The quantitative estimate of drug-likeness (QED) is 0.697. The van der Waals surface area contributed by atoms with Crippen LogP contribution in [0.2, 0.25) is 0 Å². The highest BCUT2D eigenvalue weighted by Crippen LogP contribution is 2.28. The maximum atomic E-state index is 13.0. The number of rotatable bonds is 3. The van der Waals surface area contributed by atoms with Gasteiger partial charge in [-0.05, 0) is 68.5 Å². The standard InChI is InChI=1S/C23H25N3O/c1-16-12-17(2)14-18(13-16)24-21-15-22(23(27)26-10-6-3-7-11-26)25-20-9-5-4-8-19(20)21/h4-5,8-9,12-15H,3,6-7,10-11H2,1-2H3,(H,24,25). The predicted molar refractivity (Wildman–Crippen MR) is 111 cm³/mol. The van der Waals surface area contributed by atoms with Crippen LogP contribution in [0.5, 0.6) is 0 Å². The van der Waals surface area contributed by atoms with Gasteiger partial charge in [-0.3, -0.25) is 4.79 Å². The van der Waals surface area contributed by atoms with Gasteiger partial charge in [0, 0.05) is 24.2 Å². The van der Waals surface area contributed by atoms with Crippen LogP contribution in [0.1, 0.15) is 40.9 Å². The Hall–Kier alpha value is -2.88. The number of nitrogens with zero attached hydrogens (tertiary/aromatic N) is 2. The molecule has 3 aromatic rings. The Labute approximate surface area is 160 Å². The molecular formula is C23H25N3O. The van der Waals surface area contributed by atoms with E-state index >= 15 is 0 Å². The molecule has 0 atom stereocenters. The number of benzene rings is 2. The topological polar surface area (TPSA) is 45.2 Å². The van der Waals surface area contributed by atoms with E-state index in [2.05, 4.69) is 42.3 Å². The number of likely N-dealkylation sites (tertiary alicyclic amines) is 1. The average molecular weight is 359 g/mol. The normalized spacial score (nSPS) is 14.4.